The summed E-state index contributed by atoms with van der Waals surface area (Å²) >= 11 is 0. The molecule has 0 aliphatic carbocycles. The number of nitrogens with zero attached hydrogens (tertiary/aromatic N) is 1. The lowest BCUT2D eigenvalue weighted by Gasteiger charge is -2.17. The lowest BCUT2D eigenvalue weighted by molar-refractivity contribution is -0.137. The number of carboxylic acids is 1. The Morgan fingerprint density at radius 2 is 1.69 bits per heavy atom. The van der Waals surface area contributed by atoms with Crippen molar-refractivity contribution < 1.29 is 14.7 Å². The topological polar surface area (TPSA) is 104 Å². The van der Waals surface area contributed by atoms with Crippen LogP contribution < -0.4 is 10.9 Å². The zero-order valence-corrected chi connectivity index (χ0v) is 16.5. The maximum Gasteiger partial charge on any atom is 0.305 e. The Morgan fingerprint density at radius 3 is 2.34 bits per heavy atom. The molecule has 0 bridgehead atoms. The quantitative estimate of drug-likeness (QED) is 0.599. The van der Waals surface area contributed by atoms with Crippen molar-refractivity contribution in [2.24, 2.45) is 0 Å². The number of carboxylic acid groups (broad SMARTS) is 1. The van der Waals surface area contributed by atoms with E-state index < -0.39 is 17.9 Å². The van der Waals surface area contributed by atoms with Gasteiger partial charge in [-0.3, -0.25) is 19.5 Å². The summed E-state index contributed by atoms with van der Waals surface area (Å²) in [4.78, 5) is 36.4. The predicted molar refractivity (Wildman–Crippen MR) is 110 cm³/mol. The molecule has 0 saturated carbocycles. The van der Waals surface area contributed by atoms with E-state index in [1.165, 1.54) is 10.7 Å². The van der Waals surface area contributed by atoms with Crippen LogP contribution in [-0.2, 0) is 4.79 Å². The van der Waals surface area contributed by atoms with Crippen LogP contribution in [0.15, 0.2) is 53.3 Å². The normalized spacial score (nSPS) is 11.8. The van der Waals surface area contributed by atoms with Gasteiger partial charge in [0.25, 0.3) is 11.5 Å². The number of amides is 1. The van der Waals surface area contributed by atoms with Crippen LogP contribution in [0.1, 0.15) is 45.2 Å². The Labute approximate surface area is 168 Å². The van der Waals surface area contributed by atoms with Gasteiger partial charge in [0.05, 0.1) is 18.2 Å². The first-order valence-corrected chi connectivity index (χ1v) is 9.23. The average Bonchev–Trinajstić information content (AvgIpc) is 3.05. The van der Waals surface area contributed by atoms with E-state index in [1.54, 1.807) is 12.1 Å². The average molecular weight is 393 g/mol. The number of aromatic nitrogens is 2. The van der Waals surface area contributed by atoms with Crippen LogP contribution in [0.3, 0.4) is 0 Å². The molecule has 3 aromatic rings. The monoisotopic (exact) mass is 393 g/mol. The van der Waals surface area contributed by atoms with Gasteiger partial charge in [-0.15, -0.1) is 0 Å². The molecule has 0 aliphatic heterocycles. The Kier molecular flexibility index (Phi) is 5.68. The van der Waals surface area contributed by atoms with E-state index in [4.69, 9.17) is 0 Å². The van der Waals surface area contributed by atoms with E-state index in [0.717, 1.165) is 16.7 Å². The van der Waals surface area contributed by atoms with Gasteiger partial charge in [0.1, 0.15) is 5.69 Å². The standard InChI is InChI=1S/C22H23N3O4/c1-13-5-8-16(9-6-13)17(12-21(27)28)23-22(29)18-11-20(26)25(24-18)19-10-14(2)4-7-15(19)3/h4-11,17,24H,12H2,1-3H3,(H,23,29)(H,27,28). The largest absolute Gasteiger partial charge is 0.481 e. The maximum atomic E-state index is 12.7. The lowest BCUT2D eigenvalue weighted by Crippen LogP contribution is -2.30. The molecule has 7 heteroatoms. The van der Waals surface area contributed by atoms with Crippen LogP contribution in [-0.4, -0.2) is 26.8 Å². The van der Waals surface area contributed by atoms with Crippen molar-refractivity contribution in [1.29, 1.82) is 0 Å². The zero-order chi connectivity index (χ0) is 21.1. The lowest BCUT2D eigenvalue weighted by atomic mass is 10.0. The third-order valence-electron chi connectivity index (χ3n) is 4.73. The van der Waals surface area contributed by atoms with Crippen LogP contribution in [0.2, 0.25) is 0 Å². The summed E-state index contributed by atoms with van der Waals surface area (Å²) in [7, 11) is 0. The molecule has 0 spiro atoms. The highest BCUT2D eigenvalue weighted by molar-refractivity contribution is 5.92. The van der Waals surface area contributed by atoms with Crippen LogP contribution in [0.25, 0.3) is 5.69 Å². The second-order valence-electron chi connectivity index (χ2n) is 7.17. The Bertz CT molecular complexity index is 1110. The summed E-state index contributed by atoms with van der Waals surface area (Å²) in [5.74, 6) is -1.57. The second kappa shape index (κ2) is 8.18. The van der Waals surface area contributed by atoms with E-state index >= 15 is 0 Å². The van der Waals surface area contributed by atoms with Gasteiger partial charge in [-0.2, -0.15) is 0 Å². The molecule has 0 radical (unpaired) electrons. The molecule has 1 amide bonds. The molecule has 0 aliphatic rings. The Morgan fingerprint density at radius 1 is 1.03 bits per heavy atom. The minimum absolute atomic E-state index is 0.0680. The number of H-pyrrole nitrogens is 1. The number of rotatable bonds is 6. The van der Waals surface area contributed by atoms with Gasteiger partial charge < -0.3 is 10.4 Å². The number of hydrogen-bond donors (Lipinski definition) is 3. The SMILES string of the molecule is Cc1ccc(C(CC(=O)O)NC(=O)c2cc(=O)n(-c3cc(C)ccc3C)[nH]2)cc1. The second-order valence-corrected chi connectivity index (χ2v) is 7.17. The third-order valence-corrected chi connectivity index (χ3v) is 4.73. The van der Waals surface area contributed by atoms with Crippen LogP contribution in [0, 0.1) is 20.8 Å². The summed E-state index contributed by atoms with van der Waals surface area (Å²) in [5, 5.41) is 14.8. The van der Waals surface area contributed by atoms with Crippen LogP contribution >= 0.6 is 0 Å². The van der Waals surface area contributed by atoms with E-state index in [9.17, 15) is 19.5 Å². The summed E-state index contributed by atoms with van der Waals surface area (Å²) in [6.07, 6.45) is -0.267. The molecule has 1 heterocycles. The summed E-state index contributed by atoms with van der Waals surface area (Å²) in [6, 6.07) is 13.5. The first-order chi connectivity index (χ1) is 13.7. The summed E-state index contributed by atoms with van der Waals surface area (Å²) < 4.78 is 1.31. The minimum atomic E-state index is -1.03. The number of benzene rings is 2. The van der Waals surface area contributed by atoms with Crippen molar-refractivity contribution >= 4 is 11.9 Å². The molecule has 1 aromatic heterocycles. The molecule has 150 valence electrons. The number of nitrogens with one attached hydrogen (secondary N) is 2. The molecule has 0 fully saturated rings. The first kappa shape index (κ1) is 20.1. The fourth-order valence-electron chi connectivity index (χ4n) is 3.11. The highest BCUT2D eigenvalue weighted by Gasteiger charge is 2.21. The predicted octanol–water partition coefficient (Wildman–Crippen LogP) is 3.04. The number of aromatic amines is 1. The van der Waals surface area contributed by atoms with Crippen molar-refractivity contribution in [2.45, 2.75) is 33.2 Å². The summed E-state index contributed by atoms with van der Waals surface area (Å²) in [6.45, 7) is 5.72. The van der Waals surface area contributed by atoms with Gasteiger partial charge in [-0.05, 0) is 43.5 Å². The Hall–Kier alpha value is -3.61. The maximum absolute atomic E-state index is 12.7. The van der Waals surface area contributed by atoms with E-state index in [1.807, 2.05) is 51.1 Å². The van der Waals surface area contributed by atoms with Crippen molar-refractivity contribution in [3.05, 3.63) is 86.8 Å². The molecule has 2 aromatic carbocycles. The van der Waals surface area contributed by atoms with E-state index in [0.29, 0.717) is 11.3 Å². The number of aliphatic carboxylic acids is 1. The van der Waals surface area contributed by atoms with Gasteiger partial charge in [0, 0.05) is 6.07 Å². The molecule has 7 nitrogen and oxygen atoms in total. The van der Waals surface area contributed by atoms with Crippen molar-refractivity contribution in [2.75, 3.05) is 0 Å². The van der Waals surface area contributed by atoms with Gasteiger partial charge in [0.2, 0.25) is 0 Å². The summed E-state index contributed by atoms with van der Waals surface area (Å²) in [5.41, 5.74) is 3.95. The van der Waals surface area contributed by atoms with Crippen molar-refractivity contribution in [3.8, 4) is 5.69 Å². The molecular formula is C22H23N3O4. The van der Waals surface area contributed by atoms with E-state index in [-0.39, 0.29) is 17.7 Å². The molecule has 1 atom stereocenters. The number of aryl methyl sites for hydroxylation is 3. The van der Waals surface area contributed by atoms with Crippen molar-refractivity contribution in [1.82, 2.24) is 15.1 Å². The Balaban J connectivity index is 1.89. The van der Waals surface area contributed by atoms with Crippen LogP contribution in [0.4, 0.5) is 0 Å². The van der Waals surface area contributed by atoms with E-state index in [2.05, 4.69) is 10.4 Å². The van der Waals surface area contributed by atoms with Gasteiger partial charge in [0.15, 0.2) is 0 Å². The minimum Gasteiger partial charge on any atom is -0.481 e. The molecule has 3 rings (SSSR count). The first-order valence-electron chi connectivity index (χ1n) is 9.23. The molecule has 3 N–H and O–H groups in total. The number of carbonyl (C=O) groups is 2. The fraction of sp³-hybridized carbons (Fsp3) is 0.227. The smallest absolute Gasteiger partial charge is 0.305 e. The molecular weight excluding hydrogens is 370 g/mol. The van der Waals surface area contributed by atoms with Gasteiger partial charge >= 0.3 is 5.97 Å². The number of carbonyl (C=O) groups excluding carboxylic acids is 1. The van der Waals surface area contributed by atoms with Gasteiger partial charge in [-0.25, -0.2) is 4.68 Å². The van der Waals surface area contributed by atoms with Crippen LogP contribution in [0.5, 0.6) is 0 Å². The molecule has 0 saturated heterocycles. The third kappa shape index (κ3) is 4.63. The fourth-order valence-corrected chi connectivity index (χ4v) is 3.11. The van der Waals surface area contributed by atoms with Gasteiger partial charge in [-0.1, -0.05) is 42.0 Å². The molecule has 1 unspecified atom stereocenters. The zero-order valence-electron chi connectivity index (χ0n) is 16.5. The molecule has 29 heavy (non-hydrogen) atoms. The highest BCUT2D eigenvalue weighted by Crippen LogP contribution is 2.19. The highest BCUT2D eigenvalue weighted by atomic mass is 16.4. The number of hydrogen-bond acceptors (Lipinski definition) is 3. The van der Waals surface area contributed by atoms with Crippen molar-refractivity contribution in [3.63, 3.8) is 0 Å².